The maximum Gasteiger partial charge on any atom is 0.274 e. The lowest BCUT2D eigenvalue weighted by molar-refractivity contribution is 0.101. The molecule has 1 aliphatic heterocycles. The molecule has 0 bridgehead atoms. The van der Waals surface area contributed by atoms with Crippen LogP contribution in [0.5, 0.6) is 0 Å². The summed E-state index contributed by atoms with van der Waals surface area (Å²) in [6, 6.07) is 27.9. The molecule has 0 spiro atoms. The van der Waals surface area contributed by atoms with Gasteiger partial charge in [0, 0.05) is 25.4 Å². The largest absolute Gasteiger partial charge is 0.377 e. The summed E-state index contributed by atoms with van der Waals surface area (Å²) in [4.78, 5) is 13.4. The number of nitrogens with one attached hydrogen (secondary N) is 2. The first kappa shape index (κ1) is 24.9. The third-order valence-electron chi connectivity index (χ3n) is 6.64. The van der Waals surface area contributed by atoms with E-state index >= 15 is 0 Å². The van der Waals surface area contributed by atoms with Crippen LogP contribution in [0.2, 0.25) is 0 Å². The molecule has 37 heavy (non-hydrogen) atoms. The second-order valence-corrected chi connectivity index (χ2v) is 9.42. The van der Waals surface area contributed by atoms with Gasteiger partial charge in [-0.2, -0.15) is 5.10 Å². The van der Waals surface area contributed by atoms with Gasteiger partial charge in [-0.15, -0.1) is 0 Å². The van der Waals surface area contributed by atoms with Gasteiger partial charge in [0.2, 0.25) is 0 Å². The minimum Gasteiger partial charge on any atom is -0.377 e. The molecular formula is C30H33N5O2. The van der Waals surface area contributed by atoms with Crippen LogP contribution in [-0.2, 0) is 11.3 Å². The topological polar surface area (TPSA) is 94.2 Å². The first-order valence-electron chi connectivity index (χ1n) is 12.8. The fourth-order valence-electron chi connectivity index (χ4n) is 4.79. The monoisotopic (exact) mass is 495 g/mol. The summed E-state index contributed by atoms with van der Waals surface area (Å²) in [6.07, 6.45) is 2.41. The van der Waals surface area contributed by atoms with Gasteiger partial charge in [0.15, 0.2) is 0 Å². The molecule has 0 radical (unpaired) electrons. The van der Waals surface area contributed by atoms with Gasteiger partial charge >= 0.3 is 0 Å². The Kier molecular flexibility index (Phi) is 7.75. The van der Waals surface area contributed by atoms with Crippen LogP contribution < -0.4 is 16.4 Å². The number of rotatable bonds is 9. The predicted octanol–water partition coefficient (Wildman–Crippen LogP) is 4.75. The number of ether oxygens (including phenoxy) is 1. The van der Waals surface area contributed by atoms with Crippen molar-refractivity contribution in [1.82, 2.24) is 15.1 Å². The van der Waals surface area contributed by atoms with Crippen LogP contribution in [-0.4, -0.2) is 34.9 Å². The van der Waals surface area contributed by atoms with E-state index in [0.717, 1.165) is 59.8 Å². The van der Waals surface area contributed by atoms with E-state index in [1.165, 1.54) is 0 Å². The number of amides is 1. The first-order valence-corrected chi connectivity index (χ1v) is 12.8. The minimum absolute atomic E-state index is 0.0194. The lowest BCUT2D eigenvalue weighted by Gasteiger charge is -2.22. The molecule has 2 atom stereocenters. The fourth-order valence-corrected chi connectivity index (χ4v) is 4.79. The Morgan fingerprint density at radius 3 is 2.65 bits per heavy atom. The highest BCUT2D eigenvalue weighted by molar-refractivity contribution is 6.03. The molecular weight excluding hydrogens is 462 g/mol. The first-order chi connectivity index (χ1) is 18.1. The molecule has 190 valence electrons. The Morgan fingerprint density at radius 1 is 1.05 bits per heavy atom. The number of carbonyl (C=O) groups is 1. The standard InChI is InChI=1S/C30H33N5O2/c1-21-16-28(35(34-21)26-13-5-8-22(17-26)19-31)30(36)33-25-12-6-11-24(18-25)29(23-9-3-2-4-10-23)32-20-27-14-7-15-37-27/h2-6,8-13,16-18,27,29,32H,7,14-15,19-20,31H2,1H3,(H,33,36). The molecule has 0 aliphatic carbocycles. The number of nitrogens with zero attached hydrogens (tertiary/aromatic N) is 2. The van der Waals surface area contributed by atoms with E-state index in [0.29, 0.717) is 12.2 Å². The number of aryl methyl sites for hydroxylation is 1. The predicted molar refractivity (Wildman–Crippen MR) is 146 cm³/mol. The summed E-state index contributed by atoms with van der Waals surface area (Å²) >= 11 is 0. The minimum atomic E-state index is -0.223. The number of carbonyl (C=O) groups excluding carboxylic acids is 1. The molecule has 1 aromatic heterocycles. The molecule has 4 aromatic rings. The highest BCUT2D eigenvalue weighted by Gasteiger charge is 2.21. The Morgan fingerprint density at radius 2 is 1.86 bits per heavy atom. The van der Waals surface area contributed by atoms with Gasteiger partial charge in [0.1, 0.15) is 5.69 Å². The van der Waals surface area contributed by atoms with Crippen molar-refractivity contribution in [3.05, 3.63) is 113 Å². The summed E-state index contributed by atoms with van der Waals surface area (Å²) < 4.78 is 7.50. The molecule has 1 amide bonds. The summed E-state index contributed by atoms with van der Waals surface area (Å²) in [5, 5.41) is 11.3. The maximum absolute atomic E-state index is 13.4. The quantitative estimate of drug-likeness (QED) is 0.312. The zero-order valence-electron chi connectivity index (χ0n) is 21.1. The molecule has 1 fully saturated rings. The van der Waals surface area contributed by atoms with Gasteiger partial charge in [0.25, 0.3) is 5.91 Å². The van der Waals surface area contributed by atoms with E-state index in [1.54, 1.807) is 10.7 Å². The van der Waals surface area contributed by atoms with Crippen LogP contribution in [0, 0.1) is 6.92 Å². The Hall–Kier alpha value is -3.78. The number of hydrogen-bond acceptors (Lipinski definition) is 5. The highest BCUT2D eigenvalue weighted by atomic mass is 16.5. The van der Waals surface area contributed by atoms with Gasteiger partial charge in [0.05, 0.1) is 23.5 Å². The molecule has 7 nitrogen and oxygen atoms in total. The summed E-state index contributed by atoms with van der Waals surface area (Å²) in [5.41, 5.74) is 11.8. The molecule has 1 aliphatic rings. The van der Waals surface area contributed by atoms with E-state index in [4.69, 9.17) is 10.5 Å². The zero-order valence-corrected chi connectivity index (χ0v) is 21.1. The van der Waals surface area contributed by atoms with Crippen molar-refractivity contribution in [3.8, 4) is 5.69 Å². The van der Waals surface area contributed by atoms with Crippen molar-refractivity contribution in [1.29, 1.82) is 0 Å². The van der Waals surface area contributed by atoms with Crippen molar-refractivity contribution in [2.75, 3.05) is 18.5 Å². The number of benzene rings is 3. The van der Waals surface area contributed by atoms with E-state index in [2.05, 4.69) is 33.9 Å². The highest BCUT2D eigenvalue weighted by Crippen LogP contribution is 2.26. The average Bonchev–Trinajstić information content (AvgIpc) is 3.59. The van der Waals surface area contributed by atoms with Crippen molar-refractivity contribution < 1.29 is 9.53 Å². The number of nitrogens with two attached hydrogens (primary N) is 1. The van der Waals surface area contributed by atoms with E-state index in [-0.39, 0.29) is 18.1 Å². The average molecular weight is 496 g/mol. The second-order valence-electron chi connectivity index (χ2n) is 9.42. The van der Waals surface area contributed by atoms with Gasteiger partial charge in [-0.05, 0) is 66.8 Å². The SMILES string of the molecule is Cc1cc(C(=O)Nc2cccc(C(NCC3CCCO3)c3ccccc3)c2)n(-c2cccc(CN)c2)n1. The summed E-state index contributed by atoms with van der Waals surface area (Å²) in [5.74, 6) is -0.223. The molecule has 3 aromatic carbocycles. The summed E-state index contributed by atoms with van der Waals surface area (Å²) in [7, 11) is 0. The molecule has 4 N–H and O–H groups in total. The van der Waals surface area contributed by atoms with Gasteiger partial charge in [-0.25, -0.2) is 4.68 Å². The third kappa shape index (κ3) is 5.97. The fraction of sp³-hybridized carbons (Fsp3) is 0.267. The molecule has 7 heteroatoms. The van der Waals surface area contributed by atoms with Crippen LogP contribution in [0.15, 0.2) is 84.9 Å². The van der Waals surface area contributed by atoms with Crippen molar-refractivity contribution >= 4 is 11.6 Å². The van der Waals surface area contributed by atoms with Gasteiger partial charge in [-0.1, -0.05) is 54.6 Å². The van der Waals surface area contributed by atoms with Gasteiger partial charge < -0.3 is 21.1 Å². The van der Waals surface area contributed by atoms with Crippen molar-refractivity contribution in [2.45, 2.75) is 38.5 Å². The molecule has 2 heterocycles. The molecule has 1 saturated heterocycles. The number of hydrogen-bond donors (Lipinski definition) is 3. The van der Waals surface area contributed by atoms with Crippen LogP contribution in [0.1, 0.15) is 51.8 Å². The van der Waals surface area contributed by atoms with Crippen LogP contribution >= 0.6 is 0 Å². The van der Waals surface area contributed by atoms with E-state index in [1.807, 2.05) is 67.6 Å². The second kappa shape index (κ2) is 11.5. The van der Waals surface area contributed by atoms with Crippen molar-refractivity contribution in [2.24, 2.45) is 5.73 Å². The van der Waals surface area contributed by atoms with E-state index < -0.39 is 0 Å². The van der Waals surface area contributed by atoms with Crippen LogP contribution in [0.4, 0.5) is 5.69 Å². The molecule has 0 saturated carbocycles. The third-order valence-corrected chi connectivity index (χ3v) is 6.64. The van der Waals surface area contributed by atoms with Crippen LogP contribution in [0.3, 0.4) is 0 Å². The van der Waals surface area contributed by atoms with E-state index in [9.17, 15) is 4.79 Å². The van der Waals surface area contributed by atoms with Crippen molar-refractivity contribution in [3.63, 3.8) is 0 Å². The van der Waals surface area contributed by atoms with Crippen LogP contribution in [0.25, 0.3) is 5.69 Å². The Bertz CT molecular complexity index is 1350. The maximum atomic E-state index is 13.4. The normalized spacial score (nSPS) is 16.0. The Balaban J connectivity index is 1.39. The lowest BCUT2D eigenvalue weighted by Crippen LogP contribution is -2.30. The zero-order chi connectivity index (χ0) is 25.6. The molecule has 5 rings (SSSR count). The lowest BCUT2D eigenvalue weighted by atomic mass is 9.98. The molecule has 2 unspecified atom stereocenters. The van der Waals surface area contributed by atoms with Gasteiger partial charge in [-0.3, -0.25) is 4.79 Å². The Labute approximate surface area is 217 Å². The number of aromatic nitrogens is 2. The smallest absolute Gasteiger partial charge is 0.274 e. The summed E-state index contributed by atoms with van der Waals surface area (Å²) in [6.45, 7) is 3.91. The number of anilines is 1.